The average molecular weight is 399 g/mol. The summed E-state index contributed by atoms with van der Waals surface area (Å²) >= 11 is 1.51. The van der Waals surface area contributed by atoms with Gasteiger partial charge in [-0.1, -0.05) is 0 Å². The van der Waals surface area contributed by atoms with Crippen molar-refractivity contribution in [2.24, 2.45) is 0 Å². The van der Waals surface area contributed by atoms with Gasteiger partial charge in [-0.2, -0.15) is 4.98 Å². The molecular formula is C18H21N7O2S. The molecule has 28 heavy (non-hydrogen) atoms. The molecule has 4 rings (SSSR count). The molecule has 0 radical (unpaired) electrons. The van der Waals surface area contributed by atoms with Crippen LogP contribution in [0.4, 0.5) is 11.8 Å². The number of aromatic nitrogens is 4. The van der Waals surface area contributed by atoms with Crippen LogP contribution in [0.2, 0.25) is 0 Å². The normalized spacial score (nSPS) is 13.7. The molecule has 0 saturated heterocycles. The molecule has 3 aromatic rings. The molecule has 0 bridgehead atoms. The lowest BCUT2D eigenvalue weighted by Gasteiger charge is -2.29. The first-order chi connectivity index (χ1) is 13.3. The minimum absolute atomic E-state index is 0.0490. The molecule has 0 fully saturated rings. The maximum Gasteiger partial charge on any atom is 0.262 e. The molecule has 146 valence electrons. The number of thiophene rings is 1. The van der Waals surface area contributed by atoms with Crippen LogP contribution in [0.5, 0.6) is 0 Å². The molecule has 3 aromatic heterocycles. The van der Waals surface area contributed by atoms with Gasteiger partial charge in [-0.05, 0) is 19.4 Å². The molecule has 10 heteroatoms. The summed E-state index contributed by atoms with van der Waals surface area (Å²) in [7, 11) is 0. The Morgan fingerprint density at radius 3 is 2.86 bits per heavy atom. The van der Waals surface area contributed by atoms with Crippen molar-refractivity contribution >= 4 is 39.2 Å². The lowest BCUT2D eigenvalue weighted by molar-refractivity contribution is -0.132. The molecule has 0 aliphatic carbocycles. The Labute approximate surface area is 165 Å². The number of fused-ring (bicyclic) bond motifs is 2. The molecule has 1 aliphatic rings. The summed E-state index contributed by atoms with van der Waals surface area (Å²) < 4.78 is 1.51. The Morgan fingerprint density at radius 1 is 1.29 bits per heavy atom. The summed E-state index contributed by atoms with van der Waals surface area (Å²) in [4.78, 5) is 41.5. The van der Waals surface area contributed by atoms with E-state index in [9.17, 15) is 9.59 Å². The molecule has 1 amide bonds. The van der Waals surface area contributed by atoms with Crippen molar-refractivity contribution in [1.29, 1.82) is 0 Å². The number of carbonyl (C=O) groups is 1. The van der Waals surface area contributed by atoms with Gasteiger partial charge in [-0.15, -0.1) is 11.3 Å². The van der Waals surface area contributed by atoms with Gasteiger partial charge < -0.3 is 16.4 Å². The lowest BCUT2D eigenvalue weighted by Crippen LogP contribution is -2.38. The van der Waals surface area contributed by atoms with E-state index in [1.807, 2.05) is 13.8 Å². The highest BCUT2D eigenvalue weighted by Gasteiger charge is 2.24. The number of nitrogens with zero attached hydrogens (tertiary/aromatic N) is 5. The van der Waals surface area contributed by atoms with Gasteiger partial charge in [0.1, 0.15) is 10.6 Å². The Hall–Kier alpha value is -3.01. The standard InChI is InChI=1S/C18H21N7O2S/c1-9-10(2)28-16-14(9)17(27)25(8-21-16)6-4-13(26)24-5-3-12-11(7-24)15(19)23-18(20)22-12/h8H,3-7H2,1-2H3,(H4,19,20,22,23). The van der Waals surface area contributed by atoms with Crippen LogP contribution in [0, 0.1) is 13.8 Å². The van der Waals surface area contributed by atoms with Gasteiger partial charge >= 0.3 is 0 Å². The predicted octanol–water partition coefficient (Wildman–Crippen LogP) is 1.00. The van der Waals surface area contributed by atoms with Crippen LogP contribution in [0.15, 0.2) is 11.1 Å². The summed E-state index contributed by atoms with van der Waals surface area (Å²) in [6.45, 7) is 5.08. The van der Waals surface area contributed by atoms with Crippen LogP contribution in [-0.4, -0.2) is 36.9 Å². The number of aryl methyl sites for hydroxylation is 3. The quantitative estimate of drug-likeness (QED) is 0.671. The van der Waals surface area contributed by atoms with Gasteiger partial charge in [0.2, 0.25) is 11.9 Å². The van der Waals surface area contributed by atoms with Crippen molar-refractivity contribution in [1.82, 2.24) is 24.4 Å². The molecule has 0 atom stereocenters. The number of rotatable bonds is 3. The van der Waals surface area contributed by atoms with Crippen molar-refractivity contribution in [3.05, 3.63) is 38.4 Å². The SMILES string of the molecule is Cc1sc2ncn(CCC(=O)N3CCc4nc(N)nc(N)c4C3)c(=O)c2c1C. The monoisotopic (exact) mass is 399 g/mol. The Morgan fingerprint density at radius 2 is 2.07 bits per heavy atom. The second kappa shape index (κ2) is 6.86. The van der Waals surface area contributed by atoms with E-state index >= 15 is 0 Å². The molecule has 0 saturated carbocycles. The molecular weight excluding hydrogens is 378 g/mol. The third kappa shape index (κ3) is 3.09. The molecule has 4 heterocycles. The van der Waals surface area contributed by atoms with E-state index in [0.717, 1.165) is 26.5 Å². The average Bonchev–Trinajstić information content (AvgIpc) is 2.95. The van der Waals surface area contributed by atoms with Gasteiger partial charge in [0, 0.05) is 36.4 Å². The highest BCUT2D eigenvalue weighted by molar-refractivity contribution is 7.18. The van der Waals surface area contributed by atoms with Crippen LogP contribution >= 0.6 is 11.3 Å². The Kier molecular flexibility index (Phi) is 4.50. The fourth-order valence-corrected chi connectivity index (χ4v) is 4.46. The van der Waals surface area contributed by atoms with E-state index in [1.54, 1.807) is 4.90 Å². The first kappa shape index (κ1) is 18.4. The molecule has 0 aromatic carbocycles. The Bertz CT molecular complexity index is 1150. The molecule has 9 nitrogen and oxygen atoms in total. The van der Waals surface area contributed by atoms with E-state index in [1.165, 1.54) is 22.2 Å². The molecule has 0 spiro atoms. The highest BCUT2D eigenvalue weighted by Crippen LogP contribution is 2.26. The van der Waals surface area contributed by atoms with Crippen molar-refractivity contribution in [2.75, 3.05) is 18.0 Å². The van der Waals surface area contributed by atoms with Crippen LogP contribution < -0.4 is 17.0 Å². The lowest BCUT2D eigenvalue weighted by atomic mass is 10.1. The largest absolute Gasteiger partial charge is 0.383 e. The predicted molar refractivity (Wildman–Crippen MR) is 108 cm³/mol. The van der Waals surface area contributed by atoms with Crippen LogP contribution in [0.1, 0.15) is 28.1 Å². The second-order valence-electron chi connectivity index (χ2n) is 6.91. The van der Waals surface area contributed by atoms with E-state index < -0.39 is 0 Å². The molecule has 0 unspecified atom stereocenters. The minimum atomic E-state index is -0.100. The summed E-state index contributed by atoms with van der Waals surface area (Å²) in [5, 5.41) is 0.645. The zero-order valence-corrected chi connectivity index (χ0v) is 16.5. The zero-order valence-electron chi connectivity index (χ0n) is 15.7. The van der Waals surface area contributed by atoms with Gasteiger partial charge in [0.05, 0.1) is 24.0 Å². The van der Waals surface area contributed by atoms with E-state index in [0.29, 0.717) is 30.7 Å². The summed E-state index contributed by atoms with van der Waals surface area (Å²) in [5.41, 5.74) is 14.0. The fourth-order valence-electron chi connectivity index (χ4n) is 3.48. The maximum atomic E-state index is 12.8. The van der Waals surface area contributed by atoms with Crippen molar-refractivity contribution in [3.8, 4) is 0 Å². The zero-order chi connectivity index (χ0) is 20.0. The van der Waals surface area contributed by atoms with E-state index in [4.69, 9.17) is 11.5 Å². The molecule has 1 aliphatic heterocycles. The summed E-state index contributed by atoms with van der Waals surface area (Å²) in [5.74, 6) is 0.415. The highest BCUT2D eigenvalue weighted by atomic mass is 32.1. The minimum Gasteiger partial charge on any atom is -0.383 e. The Balaban J connectivity index is 1.49. The topological polar surface area (TPSA) is 133 Å². The molecule has 4 N–H and O–H groups in total. The van der Waals surface area contributed by atoms with Gasteiger partial charge in [0.15, 0.2) is 0 Å². The van der Waals surface area contributed by atoms with Crippen molar-refractivity contribution in [3.63, 3.8) is 0 Å². The first-order valence-corrected chi connectivity index (χ1v) is 9.80. The number of amides is 1. The number of anilines is 2. The number of nitrogen functional groups attached to an aromatic ring is 2. The first-order valence-electron chi connectivity index (χ1n) is 8.98. The van der Waals surface area contributed by atoms with E-state index in [-0.39, 0.29) is 30.4 Å². The third-order valence-corrected chi connectivity index (χ3v) is 6.30. The smallest absolute Gasteiger partial charge is 0.262 e. The fraction of sp³-hybridized carbons (Fsp3) is 0.389. The van der Waals surface area contributed by atoms with Crippen molar-refractivity contribution < 1.29 is 4.79 Å². The van der Waals surface area contributed by atoms with Gasteiger partial charge in [0.25, 0.3) is 5.56 Å². The van der Waals surface area contributed by atoms with Gasteiger partial charge in [-0.3, -0.25) is 14.2 Å². The number of hydrogen-bond donors (Lipinski definition) is 2. The maximum absolute atomic E-state index is 12.8. The van der Waals surface area contributed by atoms with Crippen LogP contribution in [-0.2, 0) is 24.3 Å². The third-order valence-electron chi connectivity index (χ3n) is 5.18. The number of nitrogens with two attached hydrogens (primary N) is 2. The number of hydrogen-bond acceptors (Lipinski definition) is 8. The second-order valence-corrected chi connectivity index (χ2v) is 8.12. The van der Waals surface area contributed by atoms with Crippen LogP contribution in [0.3, 0.4) is 0 Å². The van der Waals surface area contributed by atoms with Crippen molar-refractivity contribution in [2.45, 2.75) is 39.8 Å². The van der Waals surface area contributed by atoms with Crippen LogP contribution in [0.25, 0.3) is 10.2 Å². The summed E-state index contributed by atoms with van der Waals surface area (Å²) in [6, 6.07) is 0. The van der Waals surface area contributed by atoms with E-state index in [2.05, 4.69) is 15.0 Å². The number of carbonyl (C=O) groups excluding carboxylic acids is 1. The van der Waals surface area contributed by atoms with Gasteiger partial charge in [-0.25, -0.2) is 9.97 Å². The summed E-state index contributed by atoms with van der Waals surface area (Å²) in [6.07, 6.45) is 2.31.